The van der Waals surface area contributed by atoms with Crippen molar-refractivity contribution in [2.45, 2.75) is 31.8 Å². The molecule has 1 aromatic heterocycles. The molecule has 41 heavy (non-hydrogen) atoms. The van der Waals surface area contributed by atoms with Crippen molar-refractivity contribution < 1.29 is 13.2 Å². The number of nitrogens with zero attached hydrogens (tertiary/aromatic N) is 3. The van der Waals surface area contributed by atoms with Crippen LogP contribution in [0, 0.1) is 13.8 Å². The molecule has 4 aromatic carbocycles. The van der Waals surface area contributed by atoms with Crippen molar-refractivity contribution in [1.29, 1.82) is 0 Å². The van der Waals surface area contributed by atoms with Crippen molar-refractivity contribution in [2.24, 2.45) is 0 Å². The van der Waals surface area contributed by atoms with E-state index in [1.54, 1.807) is 79.0 Å². The third-order valence-electron chi connectivity index (χ3n) is 6.83. The number of benzene rings is 4. The Kier molecular flexibility index (Phi) is 8.23. The zero-order valence-electron chi connectivity index (χ0n) is 22.7. The molecule has 1 amide bonds. The molecule has 1 heterocycles. The average molecular weight is 585 g/mol. The topological polar surface area (TPSA) is 84.3 Å². The second-order valence-corrected chi connectivity index (χ2v) is 11.9. The normalized spacial score (nSPS) is 11.3. The molecular formula is C32H29ClN4O3S. The van der Waals surface area contributed by atoms with Gasteiger partial charge in [0.25, 0.3) is 15.9 Å². The number of sulfonamides is 1. The van der Waals surface area contributed by atoms with Gasteiger partial charge in [-0.1, -0.05) is 66.2 Å². The SMILES string of the molecule is Cc1ccc(Cl)cc1N(Cc1ccc(C(=O)NCc2ccccc2-n2ccnc2C)cc1)S(=O)(=O)c1ccccc1. The summed E-state index contributed by atoms with van der Waals surface area (Å²) < 4.78 is 30.8. The number of hydrogen-bond donors (Lipinski definition) is 1. The van der Waals surface area contributed by atoms with Crippen molar-refractivity contribution in [3.63, 3.8) is 0 Å². The van der Waals surface area contributed by atoms with Gasteiger partial charge in [0.2, 0.25) is 0 Å². The first-order valence-corrected chi connectivity index (χ1v) is 14.8. The van der Waals surface area contributed by atoms with Crippen LogP contribution in [0.1, 0.15) is 32.9 Å². The Hall–Kier alpha value is -4.40. The van der Waals surface area contributed by atoms with Gasteiger partial charge >= 0.3 is 0 Å². The third-order valence-corrected chi connectivity index (χ3v) is 8.84. The number of aryl methyl sites for hydroxylation is 2. The van der Waals surface area contributed by atoms with E-state index in [4.69, 9.17) is 11.6 Å². The molecule has 0 spiro atoms. The molecule has 0 saturated heterocycles. The number of aromatic nitrogens is 2. The lowest BCUT2D eigenvalue weighted by atomic mass is 10.1. The van der Waals surface area contributed by atoms with Gasteiger partial charge in [-0.05, 0) is 73.0 Å². The molecule has 208 valence electrons. The second kappa shape index (κ2) is 12.0. The van der Waals surface area contributed by atoms with Crippen LogP contribution in [0.25, 0.3) is 5.69 Å². The van der Waals surface area contributed by atoms with Gasteiger partial charge in [-0.15, -0.1) is 0 Å². The maximum atomic E-state index is 13.7. The molecule has 9 heteroatoms. The predicted octanol–water partition coefficient (Wildman–Crippen LogP) is 6.47. The standard InChI is InChI=1S/C32H29ClN4O3S/c1-23-12-17-28(33)20-31(23)37(41(39,40)29-9-4-3-5-10-29)22-25-13-15-26(16-14-25)32(38)35-21-27-8-6-7-11-30(27)36-19-18-34-24(36)2/h3-20H,21-22H2,1-2H3,(H,35,38). The van der Waals surface area contributed by atoms with Gasteiger partial charge in [-0.25, -0.2) is 13.4 Å². The number of hydrogen-bond acceptors (Lipinski definition) is 4. The minimum absolute atomic E-state index is 0.0674. The van der Waals surface area contributed by atoms with Crippen LogP contribution in [-0.2, 0) is 23.1 Å². The lowest BCUT2D eigenvalue weighted by molar-refractivity contribution is 0.0951. The van der Waals surface area contributed by atoms with Crippen LogP contribution in [0.5, 0.6) is 0 Å². The molecule has 5 rings (SSSR count). The summed E-state index contributed by atoms with van der Waals surface area (Å²) in [4.78, 5) is 17.5. The minimum atomic E-state index is -3.89. The van der Waals surface area contributed by atoms with Crippen LogP contribution in [0.4, 0.5) is 5.69 Å². The fourth-order valence-corrected chi connectivity index (χ4v) is 6.30. The van der Waals surface area contributed by atoms with Crippen LogP contribution >= 0.6 is 11.6 Å². The lowest BCUT2D eigenvalue weighted by Crippen LogP contribution is -2.31. The summed E-state index contributed by atoms with van der Waals surface area (Å²) in [5, 5.41) is 3.43. The molecule has 0 atom stereocenters. The smallest absolute Gasteiger partial charge is 0.264 e. The van der Waals surface area contributed by atoms with Gasteiger partial charge in [-0.2, -0.15) is 0 Å². The molecule has 0 saturated carbocycles. The van der Waals surface area contributed by atoms with Gasteiger partial charge in [-0.3, -0.25) is 9.10 Å². The van der Waals surface area contributed by atoms with Crippen LogP contribution in [0.3, 0.4) is 0 Å². The van der Waals surface area contributed by atoms with Gasteiger partial charge in [0.15, 0.2) is 0 Å². The Morgan fingerprint density at radius 2 is 1.63 bits per heavy atom. The van der Waals surface area contributed by atoms with Crippen molar-refractivity contribution in [3.8, 4) is 5.69 Å². The number of halogens is 1. The van der Waals surface area contributed by atoms with E-state index in [1.165, 1.54) is 4.31 Å². The Balaban J connectivity index is 1.36. The van der Waals surface area contributed by atoms with E-state index in [0.29, 0.717) is 22.8 Å². The molecule has 0 unspecified atom stereocenters. The second-order valence-electron chi connectivity index (χ2n) is 9.61. The molecule has 1 N–H and O–H groups in total. The summed E-state index contributed by atoms with van der Waals surface area (Å²) in [6, 6.07) is 28.3. The summed E-state index contributed by atoms with van der Waals surface area (Å²) in [7, 11) is -3.89. The molecule has 7 nitrogen and oxygen atoms in total. The summed E-state index contributed by atoms with van der Waals surface area (Å²) >= 11 is 6.27. The largest absolute Gasteiger partial charge is 0.348 e. The van der Waals surface area contributed by atoms with Crippen molar-refractivity contribution in [2.75, 3.05) is 4.31 Å². The highest BCUT2D eigenvalue weighted by atomic mass is 35.5. The maximum Gasteiger partial charge on any atom is 0.264 e. The van der Waals surface area contributed by atoms with Gasteiger partial charge < -0.3 is 9.88 Å². The third kappa shape index (κ3) is 6.19. The Bertz CT molecular complexity index is 1790. The molecule has 0 aliphatic carbocycles. The van der Waals surface area contributed by atoms with E-state index in [1.807, 2.05) is 48.9 Å². The highest BCUT2D eigenvalue weighted by Crippen LogP contribution is 2.31. The Morgan fingerprint density at radius 3 is 2.34 bits per heavy atom. The highest BCUT2D eigenvalue weighted by molar-refractivity contribution is 7.92. The van der Waals surface area contributed by atoms with E-state index in [2.05, 4.69) is 10.3 Å². The van der Waals surface area contributed by atoms with Crippen molar-refractivity contribution in [1.82, 2.24) is 14.9 Å². The van der Waals surface area contributed by atoms with Crippen LogP contribution in [0.15, 0.2) is 114 Å². The Labute approximate surface area is 245 Å². The zero-order valence-corrected chi connectivity index (χ0v) is 24.2. The fraction of sp³-hybridized carbons (Fsp3) is 0.125. The van der Waals surface area contributed by atoms with Gasteiger partial charge in [0, 0.05) is 29.5 Å². The molecule has 0 aliphatic heterocycles. The predicted molar refractivity (Wildman–Crippen MR) is 162 cm³/mol. The summed E-state index contributed by atoms with van der Waals surface area (Å²) in [6.07, 6.45) is 3.63. The molecular weight excluding hydrogens is 556 g/mol. The molecule has 0 radical (unpaired) electrons. The average Bonchev–Trinajstić information content (AvgIpc) is 3.42. The number of anilines is 1. The lowest BCUT2D eigenvalue weighted by Gasteiger charge is -2.26. The van der Waals surface area contributed by atoms with Crippen LogP contribution in [0.2, 0.25) is 5.02 Å². The quantitative estimate of drug-likeness (QED) is 0.215. The summed E-state index contributed by atoms with van der Waals surface area (Å²) in [5.74, 6) is 0.629. The number of imidazole rings is 1. The van der Waals surface area contributed by atoms with Gasteiger partial charge in [0.05, 0.1) is 22.8 Å². The first-order valence-electron chi connectivity index (χ1n) is 13.0. The minimum Gasteiger partial charge on any atom is -0.348 e. The number of nitrogens with one attached hydrogen (secondary N) is 1. The van der Waals surface area contributed by atoms with Crippen molar-refractivity contribution >= 4 is 33.2 Å². The monoisotopic (exact) mass is 584 g/mol. The number of carbonyl (C=O) groups is 1. The first kappa shape index (κ1) is 28.1. The van der Waals surface area contributed by atoms with Crippen molar-refractivity contribution in [3.05, 3.63) is 143 Å². The number of amides is 1. The van der Waals surface area contributed by atoms with E-state index in [0.717, 1.165) is 28.2 Å². The fourth-order valence-electron chi connectivity index (χ4n) is 4.60. The number of para-hydroxylation sites is 1. The maximum absolute atomic E-state index is 13.7. The molecule has 5 aromatic rings. The molecule has 0 aliphatic rings. The van der Waals surface area contributed by atoms with E-state index in [9.17, 15) is 13.2 Å². The van der Waals surface area contributed by atoms with Crippen LogP contribution in [-0.4, -0.2) is 23.9 Å². The summed E-state index contributed by atoms with van der Waals surface area (Å²) in [6.45, 7) is 4.18. The number of carbonyl (C=O) groups excluding carboxylic acids is 1. The van der Waals surface area contributed by atoms with Crippen LogP contribution < -0.4 is 9.62 Å². The highest BCUT2D eigenvalue weighted by Gasteiger charge is 2.26. The van der Waals surface area contributed by atoms with E-state index in [-0.39, 0.29) is 17.3 Å². The first-order chi connectivity index (χ1) is 19.7. The van der Waals surface area contributed by atoms with E-state index < -0.39 is 10.0 Å². The molecule has 0 fully saturated rings. The zero-order chi connectivity index (χ0) is 29.0. The van der Waals surface area contributed by atoms with Gasteiger partial charge in [0.1, 0.15) is 5.82 Å². The molecule has 0 bridgehead atoms. The summed E-state index contributed by atoms with van der Waals surface area (Å²) in [5.41, 5.74) is 4.38. The number of rotatable bonds is 9. The Morgan fingerprint density at radius 1 is 0.927 bits per heavy atom. The van der Waals surface area contributed by atoms with E-state index >= 15 is 0 Å².